The highest BCUT2D eigenvalue weighted by Crippen LogP contribution is 2.34. The van der Waals surface area contributed by atoms with Crippen molar-refractivity contribution in [3.8, 4) is 0 Å². The van der Waals surface area contributed by atoms with Crippen molar-refractivity contribution in [2.24, 2.45) is 0 Å². The molecule has 9 nitrogen and oxygen atoms in total. The molecule has 0 aliphatic heterocycles. The van der Waals surface area contributed by atoms with E-state index in [1.54, 1.807) is 30.6 Å². The van der Waals surface area contributed by atoms with E-state index < -0.39 is 4.92 Å². The van der Waals surface area contributed by atoms with Crippen LogP contribution in [-0.4, -0.2) is 24.9 Å². The average molecular weight is 373 g/mol. The largest absolute Gasteiger partial charge is 0.353 e. The summed E-state index contributed by atoms with van der Waals surface area (Å²) in [5.41, 5.74) is 2.49. The summed E-state index contributed by atoms with van der Waals surface area (Å²) in [6, 6.07) is 12.9. The third kappa shape index (κ3) is 3.40. The molecule has 2 N–H and O–H groups in total. The van der Waals surface area contributed by atoms with Crippen LogP contribution in [0.3, 0.4) is 0 Å². The van der Waals surface area contributed by atoms with Crippen molar-refractivity contribution in [2.75, 3.05) is 10.6 Å². The Kier molecular flexibility index (Phi) is 4.47. The van der Waals surface area contributed by atoms with Gasteiger partial charge in [0.1, 0.15) is 6.33 Å². The number of pyridine rings is 2. The van der Waals surface area contributed by atoms with Gasteiger partial charge in [-0.05, 0) is 31.2 Å². The van der Waals surface area contributed by atoms with E-state index in [9.17, 15) is 10.1 Å². The van der Waals surface area contributed by atoms with Gasteiger partial charge in [0.15, 0.2) is 0 Å². The number of nitrogens with zero attached hydrogens (tertiary/aromatic N) is 5. The molecule has 0 radical (unpaired) electrons. The fourth-order valence-corrected chi connectivity index (χ4v) is 2.78. The molecule has 138 valence electrons. The number of anilines is 4. The summed E-state index contributed by atoms with van der Waals surface area (Å²) in [6.45, 7) is 1.89. The van der Waals surface area contributed by atoms with Crippen LogP contribution in [0.5, 0.6) is 0 Å². The lowest BCUT2D eigenvalue weighted by molar-refractivity contribution is -0.383. The van der Waals surface area contributed by atoms with E-state index in [1.165, 1.54) is 6.33 Å². The van der Waals surface area contributed by atoms with E-state index in [0.717, 1.165) is 11.1 Å². The molecule has 4 aromatic rings. The molecule has 0 atom stereocenters. The minimum atomic E-state index is -0.523. The van der Waals surface area contributed by atoms with Crippen molar-refractivity contribution in [2.45, 2.75) is 6.92 Å². The van der Waals surface area contributed by atoms with Crippen LogP contribution >= 0.6 is 0 Å². The highest BCUT2D eigenvalue weighted by atomic mass is 16.6. The number of aryl methyl sites for hydroxylation is 1. The van der Waals surface area contributed by atoms with Crippen molar-refractivity contribution < 1.29 is 4.92 Å². The summed E-state index contributed by atoms with van der Waals surface area (Å²) in [6.07, 6.45) is 4.43. The zero-order chi connectivity index (χ0) is 19.5. The van der Waals surface area contributed by atoms with Gasteiger partial charge in [-0.3, -0.25) is 20.1 Å². The standard InChI is InChI=1S/C19H15N7O2/c1-12-7-8-13-4-2-6-15(16(13)23-12)25-19-17(26(27)28)18(21-11-22-19)24-14-5-3-9-20-10-14/h2-11H,1H3,(H2,21,22,24,25). The van der Waals surface area contributed by atoms with E-state index in [-0.39, 0.29) is 17.3 Å². The molecule has 0 bridgehead atoms. The SMILES string of the molecule is Cc1ccc2cccc(Nc3ncnc(Nc4cccnc4)c3[N+](=O)[O-])c2n1. The molecular weight excluding hydrogens is 358 g/mol. The maximum atomic E-state index is 11.8. The third-order valence-electron chi connectivity index (χ3n) is 4.04. The van der Waals surface area contributed by atoms with Crippen LogP contribution in [0.2, 0.25) is 0 Å². The van der Waals surface area contributed by atoms with Gasteiger partial charge in [-0.2, -0.15) is 0 Å². The number of fused-ring (bicyclic) bond motifs is 1. The van der Waals surface area contributed by atoms with Gasteiger partial charge in [0.05, 0.1) is 28.0 Å². The van der Waals surface area contributed by atoms with Crippen molar-refractivity contribution in [1.82, 2.24) is 19.9 Å². The second-order valence-electron chi connectivity index (χ2n) is 6.00. The normalized spacial score (nSPS) is 10.6. The number of benzene rings is 1. The lowest BCUT2D eigenvalue weighted by atomic mass is 10.1. The molecule has 0 aliphatic carbocycles. The van der Waals surface area contributed by atoms with Crippen LogP contribution in [0.25, 0.3) is 10.9 Å². The van der Waals surface area contributed by atoms with Gasteiger partial charge < -0.3 is 10.6 Å². The summed E-state index contributed by atoms with van der Waals surface area (Å²) in [5.74, 6) is 0.141. The van der Waals surface area contributed by atoms with Crippen LogP contribution < -0.4 is 10.6 Å². The van der Waals surface area contributed by atoms with Crippen LogP contribution in [0, 0.1) is 17.0 Å². The topological polar surface area (TPSA) is 119 Å². The first-order chi connectivity index (χ1) is 13.6. The lowest BCUT2D eigenvalue weighted by Crippen LogP contribution is -2.06. The number of hydrogen-bond acceptors (Lipinski definition) is 8. The minimum Gasteiger partial charge on any atom is -0.333 e. The summed E-state index contributed by atoms with van der Waals surface area (Å²) in [4.78, 5) is 27.9. The van der Waals surface area contributed by atoms with E-state index in [1.807, 2.05) is 31.2 Å². The Morgan fingerprint density at radius 3 is 2.57 bits per heavy atom. The number of nitrogens with one attached hydrogen (secondary N) is 2. The molecule has 3 aromatic heterocycles. The summed E-state index contributed by atoms with van der Waals surface area (Å²) >= 11 is 0. The number of aromatic nitrogens is 4. The summed E-state index contributed by atoms with van der Waals surface area (Å²) in [5, 5.41) is 18.6. The number of hydrogen-bond donors (Lipinski definition) is 2. The van der Waals surface area contributed by atoms with Crippen LogP contribution in [-0.2, 0) is 0 Å². The van der Waals surface area contributed by atoms with E-state index in [2.05, 4.69) is 30.6 Å². The predicted molar refractivity (Wildman–Crippen MR) is 106 cm³/mol. The second kappa shape index (κ2) is 7.23. The van der Waals surface area contributed by atoms with Gasteiger partial charge in [-0.25, -0.2) is 9.97 Å². The molecular formula is C19H15N7O2. The quantitative estimate of drug-likeness (QED) is 0.396. The van der Waals surface area contributed by atoms with Crippen LogP contribution in [0.4, 0.5) is 28.7 Å². The van der Waals surface area contributed by atoms with Gasteiger partial charge in [-0.1, -0.05) is 18.2 Å². The van der Waals surface area contributed by atoms with Gasteiger partial charge in [-0.15, -0.1) is 0 Å². The summed E-state index contributed by atoms with van der Waals surface area (Å²) in [7, 11) is 0. The molecule has 28 heavy (non-hydrogen) atoms. The molecule has 9 heteroatoms. The monoisotopic (exact) mass is 373 g/mol. The van der Waals surface area contributed by atoms with Crippen molar-refractivity contribution in [3.05, 3.63) is 77.0 Å². The van der Waals surface area contributed by atoms with Gasteiger partial charge in [0.25, 0.3) is 0 Å². The molecule has 0 fully saturated rings. The van der Waals surface area contributed by atoms with Crippen LogP contribution in [0.1, 0.15) is 5.69 Å². The molecule has 0 spiro atoms. The van der Waals surface area contributed by atoms with Gasteiger partial charge in [0, 0.05) is 17.3 Å². The Morgan fingerprint density at radius 1 is 1.00 bits per heavy atom. The molecule has 0 aliphatic rings. The maximum Gasteiger partial charge on any atom is 0.353 e. The van der Waals surface area contributed by atoms with E-state index in [0.29, 0.717) is 16.9 Å². The Hall–Kier alpha value is -4.14. The molecule has 0 saturated carbocycles. The minimum absolute atomic E-state index is 0.0693. The molecule has 0 amide bonds. The Labute approximate surface area is 159 Å². The molecule has 3 heterocycles. The number of nitro groups is 1. The van der Waals surface area contributed by atoms with Gasteiger partial charge >= 0.3 is 5.69 Å². The highest BCUT2D eigenvalue weighted by molar-refractivity contribution is 5.93. The molecule has 1 aromatic carbocycles. The first-order valence-corrected chi connectivity index (χ1v) is 8.41. The molecule has 4 rings (SSSR count). The van der Waals surface area contributed by atoms with Crippen molar-refractivity contribution >= 4 is 39.6 Å². The van der Waals surface area contributed by atoms with E-state index in [4.69, 9.17) is 0 Å². The second-order valence-corrected chi connectivity index (χ2v) is 6.00. The Bertz CT molecular complexity index is 1170. The van der Waals surface area contributed by atoms with E-state index >= 15 is 0 Å². The van der Waals surface area contributed by atoms with Crippen LogP contribution in [0.15, 0.2) is 61.2 Å². The maximum absolute atomic E-state index is 11.8. The zero-order valence-electron chi connectivity index (χ0n) is 14.8. The van der Waals surface area contributed by atoms with Crippen molar-refractivity contribution in [1.29, 1.82) is 0 Å². The Balaban J connectivity index is 1.77. The fourth-order valence-electron chi connectivity index (χ4n) is 2.78. The van der Waals surface area contributed by atoms with Crippen molar-refractivity contribution in [3.63, 3.8) is 0 Å². The highest BCUT2D eigenvalue weighted by Gasteiger charge is 2.24. The Morgan fingerprint density at radius 2 is 1.82 bits per heavy atom. The third-order valence-corrected chi connectivity index (χ3v) is 4.04. The lowest BCUT2D eigenvalue weighted by Gasteiger charge is -2.11. The first-order valence-electron chi connectivity index (χ1n) is 8.41. The molecule has 0 unspecified atom stereocenters. The first kappa shape index (κ1) is 17.3. The zero-order valence-corrected chi connectivity index (χ0v) is 14.8. The smallest absolute Gasteiger partial charge is 0.333 e. The number of rotatable bonds is 5. The molecule has 0 saturated heterocycles. The predicted octanol–water partition coefficient (Wildman–Crippen LogP) is 4.12. The number of para-hydroxylation sites is 1. The summed E-state index contributed by atoms with van der Waals surface area (Å²) < 4.78 is 0. The average Bonchev–Trinajstić information content (AvgIpc) is 2.69. The fraction of sp³-hybridized carbons (Fsp3) is 0.0526. The van der Waals surface area contributed by atoms with Gasteiger partial charge in [0.2, 0.25) is 11.6 Å².